The highest BCUT2D eigenvalue weighted by Gasteiger charge is 2.05. The van der Waals surface area contributed by atoms with Gasteiger partial charge in [0.2, 0.25) is 0 Å². The second-order valence-electron chi connectivity index (χ2n) is 6.87. The lowest BCUT2D eigenvalue weighted by atomic mass is 10.0. The van der Waals surface area contributed by atoms with Gasteiger partial charge in [0.1, 0.15) is 11.5 Å². The first-order chi connectivity index (χ1) is 14.7. The average Bonchev–Trinajstić information content (AvgIpc) is 2.80. The van der Waals surface area contributed by atoms with Crippen LogP contribution in [0.3, 0.4) is 0 Å². The van der Waals surface area contributed by atoms with Crippen molar-refractivity contribution in [3.8, 4) is 11.5 Å². The van der Waals surface area contributed by atoms with Crippen molar-refractivity contribution in [1.82, 2.24) is 0 Å². The monoisotopic (exact) mass is 394 g/mol. The zero-order chi connectivity index (χ0) is 20.9. The third-order valence-electron chi connectivity index (χ3n) is 5.13. The van der Waals surface area contributed by atoms with Gasteiger partial charge in [0.05, 0.1) is 14.2 Å². The van der Waals surface area contributed by atoms with Gasteiger partial charge in [-0.1, -0.05) is 72.8 Å². The molecular formula is C27H22O3. The number of methoxy groups -OCH3 is 2. The van der Waals surface area contributed by atoms with Crippen LogP contribution in [0.25, 0.3) is 33.7 Å². The highest BCUT2D eigenvalue weighted by molar-refractivity contribution is 6.07. The third kappa shape index (κ3) is 3.83. The lowest BCUT2D eigenvalue weighted by molar-refractivity contribution is -0.110. The van der Waals surface area contributed by atoms with Crippen molar-refractivity contribution in [2.75, 3.05) is 14.2 Å². The van der Waals surface area contributed by atoms with Crippen LogP contribution < -0.4 is 9.47 Å². The molecule has 148 valence electrons. The highest BCUT2D eigenvalue weighted by atomic mass is 16.5. The molecule has 0 aliphatic rings. The number of allylic oxidation sites excluding steroid dienone is 2. The van der Waals surface area contributed by atoms with Crippen LogP contribution in [0.15, 0.2) is 84.9 Å². The fraction of sp³-hybridized carbons (Fsp3) is 0.0741. The summed E-state index contributed by atoms with van der Waals surface area (Å²) in [4.78, 5) is 12.5. The van der Waals surface area contributed by atoms with Gasteiger partial charge in [0.15, 0.2) is 5.78 Å². The van der Waals surface area contributed by atoms with E-state index in [1.165, 1.54) is 0 Å². The van der Waals surface area contributed by atoms with E-state index < -0.39 is 0 Å². The maximum Gasteiger partial charge on any atom is 0.178 e. The Bertz CT molecular complexity index is 1180. The molecule has 0 spiro atoms. The number of benzene rings is 4. The SMILES string of the molecule is COc1ccc(C=CC(=O)C=Cc2ccc(OC)c3ccccc23)c2ccccc12. The van der Waals surface area contributed by atoms with E-state index in [-0.39, 0.29) is 5.78 Å². The Balaban J connectivity index is 1.60. The van der Waals surface area contributed by atoms with Crippen molar-refractivity contribution in [3.05, 3.63) is 96.1 Å². The maximum absolute atomic E-state index is 12.5. The van der Waals surface area contributed by atoms with Gasteiger partial charge in [0.25, 0.3) is 0 Å². The fourth-order valence-corrected chi connectivity index (χ4v) is 3.64. The molecule has 4 aromatic rings. The van der Waals surface area contributed by atoms with Gasteiger partial charge in [-0.05, 0) is 46.2 Å². The highest BCUT2D eigenvalue weighted by Crippen LogP contribution is 2.30. The number of ether oxygens (including phenoxy) is 2. The van der Waals surface area contributed by atoms with Crippen molar-refractivity contribution in [1.29, 1.82) is 0 Å². The van der Waals surface area contributed by atoms with Crippen LogP contribution in [0.4, 0.5) is 0 Å². The van der Waals surface area contributed by atoms with Gasteiger partial charge in [0, 0.05) is 10.8 Å². The minimum absolute atomic E-state index is 0.0743. The Morgan fingerprint density at radius 3 is 1.40 bits per heavy atom. The summed E-state index contributed by atoms with van der Waals surface area (Å²) < 4.78 is 10.9. The minimum Gasteiger partial charge on any atom is -0.496 e. The lowest BCUT2D eigenvalue weighted by Gasteiger charge is -2.08. The van der Waals surface area contributed by atoms with E-state index >= 15 is 0 Å². The molecule has 0 saturated carbocycles. The molecule has 4 rings (SSSR count). The third-order valence-corrected chi connectivity index (χ3v) is 5.13. The zero-order valence-corrected chi connectivity index (χ0v) is 17.0. The summed E-state index contributed by atoms with van der Waals surface area (Å²) in [7, 11) is 3.32. The fourth-order valence-electron chi connectivity index (χ4n) is 3.64. The zero-order valence-electron chi connectivity index (χ0n) is 17.0. The number of fused-ring (bicyclic) bond motifs is 2. The van der Waals surface area contributed by atoms with E-state index in [0.717, 1.165) is 44.2 Å². The molecule has 3 nitrogen and oxygen atoms in total. The molecular weight excluding hydrogens is 372 g/mol. The van der Waals surface area contributed by atoms with Crippen LogP contribution in [0, 0.1) is 0 Å². The number of hydrogen-bond acceptors (Lipinski definition) is 3. The van der Waals surface area contributed by atoms with E-state index in [4.69, 9.17) is 9.47 Å². The molecule has 0 saturated heterocycles. The summed E-state index contributed by atoms with van der Waals surface area (Å²) in [5.74, 6) is 1.57. The van der Waals surface area contributed by atoms with Gasteiger partial charge in [-0.25, -0.2) is 0 Å². The topological polar surface area (TPSA) is 35.5 Å². The van der Waals surface area contributed by atoms with E-state index in [0.29, 0.717) is 0 Å². The van der Waals surface area contributed by atoms with Crippen LogP contribution in [-0.4, -0.2) is 20.0 Å². The molecule has 0 bridgehead atoms. The van der Waals surface area contributed by atoms with E-state index in [2.05, 4.69) is 0 Å². The standard InChI is InChI=1S/C27H22O3/c1-29-26-17-13-19(22-7-3-5-9-24(22)26)11-15-21(28)16-12-20-14-18-27(30-2)25-10-6-4-8-23(20)25/h3-18H,1-2H3. The van der Waals surface area contributed by atoms with Crippen molar-refractivity contribution >= 4 is 39.5 Å². The maximum atomic E-state index is 12.5. The summed E-state index contributed by atoms with van der Waals surface area (Å²) in [6, 6.07) is 23.8. The second kappa shape index (κ2) is 8.66. The first-order valence-corrected chi connectivity index (χ1v) is 9.73. The number of ketones is 1. The summed E-state index contributed by atoms with van der Waals surface area (Å²) >= 11 is 0. The summed E-state index contributed by atoms with van der Waals surface area (Å²) in [5, 5.41) is 4.14. The molecule has 0 atom stereocenters. The molecule has 0 aromatic heterocycles. The molecule has 4 aromatic carbocycles. The molecule has 0 fully saturated rings. The molecule has 30 heavy (non-hydrogen) atoms. The van der Waals surface area contributed by atoms with Crippen LogP contribution in [0.2, 0.25) is 0 Å². The van der Waals surface area contributed by atoms with Crippen molar-refractivity contribution in [3.63, 3.8) is 0 Å². The molecule has 0 unspecified atom stereocenters. The number of hydrogen-bond donors (Lipinski definition) is 0. The first-order valence-electron chi connectivity index (χ1n) is 9.73. The van der Waals surface area contributed by atoms with Crippen LogP contribution >= 0.6 is 0 Å². The summed E-state index contributed by atoms with van der Waals surface area (Å²) in [5.41, 5.74) is 1.95. The summed E-state index contributed by atoms with van der Waals surface area (Å²) in [6.45, 7) is 0. The second-order valence-corrected chi connectivity index (χ2v) is 6.87. The van der Waals surface area contributed by atoms with E-state index in [1.54, 1.807) is 26.4 Å². The van der Waals surface area contributed by atoms with Crippen LogP contribution in [0.1, 0.15) is 11.1 Å². The molecule has 0 amide bonds. The van der Waals surface area contributed by atoms with Crippen LogP contribution in [0.5, 0.6) is 11.5 Å². The quantitative estimate of drug-likeness (QED) is 0.360. The Morgan fingerprint density at radius 2 is 1.00 bits per heavy atom. The molecule has 0 heterocycles. The Kier molecular flexibility index (Phi) is 5.62. The van der Waals surface area contributed by atoms with Crippen LogP contribution in [-0.2, 0) is 4.79 Å². The number of rotatable bonds is 6. The molecule has 0 aliphatic heterocycles. The average molecular weight is 394 g/mol. The smallest absolute Gasteiger partial charge is 0.178 e. The van der Waals surface area contributed by atoms with Crippen molar-refractivity contribution in [2.45, 2.75) is 0 Å². The molecule has 0 radical (unpaired) electrons. The summed E-state index contributed by atoms with van der Waals surface area (Å²) in [6.07, 6.45) is 6.88. The van der Waals surface area contributed by atoms with E-state index in [1.807, 2.05) is 84.9 Å². The predicted molar refractivity (Wildman–Crippen MR) is 124 cm³/mol. The van der Waals surface area contributed by atoms with Crippen molar-refractivity contribution < 1.29 is 14.3 Å². The Hall–Kier alpha value is -3.85. The number of carbonyl (C=O) groups is 1. The van der Waals surface area contributed by atoms with Gasteiger partial charge >= 0.3 is 0 Å². The van der Waals surface area contributed by atoms with E-state index in [9.17, 15) is 4.79 Å². The molecule has 0 N–H and O–H groups in total. The largest absolute Gasteiger partial charge is 0.496 e. The first kappa shape index (κ1) is 19.5. The predicted octanol–water partition coefficient (Wildman–Crippen LogP) is 6.31. The van der Waals surface area contributed by atoms with Gasteiger partial charge < -0.3 is 9.47 Å². The van der Waals surface area contributed by atoms with Gasteiger partial charge in [-0.3, -0.25) is 4.79 Å². The van der Waals surface area contributed by atoms with Crippen molar-refractivity contribution in [2.24, 2.45) is 0 Å². The number of carbonyl (C=O) groups excluding carboxylic acids is 1. The van der Waals surface area contributed by atoms with Gasteiger partial charge in [-0.2, -0.15) is 0 Å². The Labute approximate surface area is 175 Å². The normalized spacial score (nSPS) is 11.5. The van der Waals surface area contributed by atoms with Gasteiger partial charge in [-0.15, -0.1) is 0 Å². The minimum atomic E-state index is -0.0743. The lowest BCUT2D eigenvalue weighted by Crippen LogP contribution is -1.89. The molecule has 3 heteroatoms. The Morgan fingerprint density at radius 1 is 0.600 bits per heavy atom. The molecule has 0 aliphatic carbocycles.